The molecule has 2 N–H and O–H groups in total. The van der Waals surface area contributed by atoms with Crippen LogP contribution >= 0.6 is 11.8 Å². The molecule has 2 unspecified atom stereocenters. The maximum atomic E-state index is 11.6. The van der Waals surface area contributed by atoms with E-state index in [-0.39, 0.29) is 10.7 Å². The summed E-state index contributed by atoms with van der Waals surface area (Å²) < 4.78 is -0.368. The number of aromatic amines is 1. The highest BCUT2D eigenvalue weighted by Gasteiger charge is 2.44. The van der Waals surface area contributed by atoms with E-state index in [1.54, 1.807) is 11.8 Å². The van der Waals surface area contributed by atoms with Crippen LogP contribution in [0.3, 0.4) is 0 Å². The molecule has 0 aliphatic carbocycles. The maximum absolute atomic E-state index is 11.6. The zero-order valence-electron chi connectivity index (χ0n) is 11.8. The number of aliphatic carboxylic acids is 1. The molecular formula is C16H19NO2S. The Bertz CT molecular complexity index is 664. The van der Waals surface area contributed by atoms with E-state index in [9.17, 15) is 9.90 Å². The summed E-state index contributed by atoms with van der Waals surface area (Å²) in [6.45, 7) is 4.04. The lowest BCUT2D eigenvalue weighted by Crippen LogP contribution is -2.37. The molecule has 2 atom stereocenters. The molecule has 0 fully saturated rings. The van der Waals surface area contributed by atoms with Crippen LogP contribution in [0.1, 0.15) is 31.5 Å². The average Bonchev–Trinajstić information content (AvgIpc) is 2.80. The number of H-pyrrole nitrogens is 1. The van der Waals surface area contributed by atoms with Gasteiger partial charge in [0.15, 0.2) is 0 Å². The minimum absolute atomic E-state index is 0.361. The molecule has 4 heteroatoms. The average molecular weight is 289 g/mol. The Morgan fingerprint density at radius 2 is 2.25 bits per heavy atom. The zero-order chi connectivity index (χ0) is 14.3. The Hall–Kier alpha value is -1.42. The molecule has 2 aromatic rings. The van der Waals surface area contributed by atoms with Crippen LogP contribution in [0, 0.1) is 5.92 Å². The second-order valence-corrected chi connectivity index (χ2v) is 7.07. The third kappa shape index (κ3) is 1.85. The number of carboxylic acids is 1. The summed E-state index contributed by atoms with van der Waals surface area (Å²) in [6.07, 6.45) is 1.66. The zero-order valence-corrected chi connectivity index (χ0v) is 12.6. The van der Waals surface area contributed by atoms with Gasteiger partial charge in [0, 0.05) is 16.6 Å². The number of carbonyl (C=O) groups is 1. The second-order valence-electron chi connectivity index (χ2n) is 5.53. The van der Waals surface area contributed by atoms with E-state index in [4.69, 9.17) is 0 Å². The number of thioether (sulfide) groups is 1. The molecule has 1 aliphatic rings. The SMILES string of the molecule is CCC(C(=O)O)C1(C)SCCc2c1[nH]c1ccccc21. The van der Waals surface area contributed by atoms with Crippen molar-refractivity contribution in [1.82, 2.24) is 4.98 Å². The van der Waals surface area contributed by atoms with Crippen LogP contribution in [-0.2, 0) is 16.0 Å². The molecule has 1 aliphatic heterocycles. The van der Waals surface area contributed by atoms with Gasteiger partial charge in [-0.1, -0.05) is 25.1 Å². The van der Waals surface area contributed by atoms with Gasteiger partial charge in [0.1, 0.15) is 0 Å². The number of aromatic nitrogens is 1. The van der Waals surface area contributed by atoms with Crippen molar-refractivity contribution in [3.8, 4) is 0 Å². The van der Waals surface area contributed by atoms with Crippen molar-refractivity contribution in [3.05, 3.63) is 35.5 Å². The van der Waals surface area contributed by atoms with E-state index in [1.165, 1.54) is 10.9 Å². The first-order chi connectivity index (χ1) is 9.58. The molecule has 106 valence electrons. The molecule has 0 amide bonds. The maximum Gasteiger partial charge on any atom is 0.308 e. The molecule has 0 saturated heterocycles. The molecule has 0 bridgehead atoms. The lowest BCUT2D eigenvalue weighted by Gasteiger charge is -2.37. The van der Waals surface area contributed by atoms with E-state index in [0.29, 0.717) is 6.42 Å². The lowest BCUT2D eigenvalue weighted by atomic mass is 9.85. The van der Waals surface area contributed by atoms with Crippen molar-refractivity contribution in [2.24, 2.45) is 5.92 Å². The van der Waals surface area contributed by atoms with Gasteiger partial charge in [-0.15, -0.1) is 11.8 Å². The quantitative estimate of drug-likeness (QED) is 0.904. The summed E-state index contributed by atoms with van der Waals surface area (Å²) in [5.74, 6) is -0.0802. The largest absolute Gasteiger partial charge is 0.481 e. The number of para-hydroxylation sites is 1. The first kappa shape index (κ1) is 13.6. The van der Waals surface area contributed by atoms with Crippen LogP contribution in [0.4, 0.5) is 0 Å². The van der Waals surface area contributed by atoms with E-state index in [0.717, 1.165) is 23.4 Å². The number of benzene rings is 1. The Balaban J connectivity index is 2.21. The van der Waals surface area contributed by atoms with E-state index in [2.05, 4.69) is 24.0 Å². The number of hydrogen-bond donors (Lipinski definition) is 2. The molecule has 3 rings (SSSR count). The number of aryl methyl sites for hydroxylation is 1. The van der Waals surface area contributed by atoms with Gasteiger partial charge in [0.2, 0.25) is 0 Å². The third-order valence-corrected chi connectivity index (χ3v) is 5.93. The molecule has 0 radical (unpaired) electrons. The number of hydrogen-bond acceptors (Lipinski definition) is 2. The minimum Gasteiger partial charge on any atom is -0.481 e. The molecule has 1 aromatic carbocycles. The van der Waals surface area contributed by atoms with Crippen molar-refractivity contribution in [2.45, 2.75) is 31.4 Å². The minimum atomic E-state index is -0.700. The van der Waals surface area contributed by atoms with Gasteiger partial charge < -0.3 is 10.1 Å². The summed E-state index contributed by atoms with van der Waals surface area (Å²) in [4.78, 5) is 15.1. The van der Waals surface area contributed by atoms with Gasteiger partial charge in [0.05, 0.1) is 10.7 Å². The third-order valence-electron chi connectivity index (χ3n) is 4.44. The van der Waals surface area contributed by atoms with Crippen LogP contribution in [-0.4, -0.2) is 21.8 Å². The number of carboxylic acid groups (broad SMARTS) is 1. The monoisotopic (exact) mass is 289 g/mol. The summed E-state index contributed by atoms with van der Waals surface area (Å²) in [6, 6.07) is 8.26. The van der Waals surface area contributed by atoms with Gasteiger partial charge >= 0.3 is 5.97 Å². The van der Waals surface area contributed by atoms with Gasteiger partial charge in [-0.05, 0) is 37.1 Å². The van der Waals surface area contributed by atoms with Crippen LogP contribution in [0.15, 0.2) is 24.3 Å². The summed E-state index contributed by atoms with van der Waals surface area (Å²) in [7, 11) is 0. The van der Waals surface area contributed by atoms with Crippen LogP contribution in [0.5, 0.6) is 0 Å². The van der Waals surface area contributed by atoms with Gasteiger partial charge in [-0.25, -0.2) is 0 Å². The normalized spacial score (nSPS) is 23.5. The van der Waals surface area contributed by atoms with E-state index in [1.807, 2.05) is 19.1 Å². The Morgan fingerprint density at radius 3 is 2.95 bits per heavy atom. The molecule has 3 nitrogen and oxygen atoms in total. The van der Waals surface area contributed by atoms with Crippen LogP contribution in [0.2, 0.25) is 0 Å². The lowest BCUT2D eigenvalue weighted by molar-refractivity contribution is -0.143. The smallest absolute Gasteiger partial charge is 0.308 e. The van der Waals surface area contributed by atoms with Gasteiger partial charge in [0.25, 0.3) is 0 Å². The fraction of sp³-hybridized carbons (Fsp3) is 0.438. The van der Waals surface area contributed by atoms with Crippen LogP contribution < -0.4 is 0 Å². The predicted octanol–water partition coefficient (Wildman–Crippen LogP) is 3.78. The Labute approximate surface area is 122 Å². The fourth-order valence-corrected chi connectivity index (χ4v) is 4.91. The van der Waals surface area contributed by atoms with Crippen molar-refractivity contribution < 1.29 is 9.90 Å². The van der Waals surface area contributed by atoms with Crippen molar-refractivity contribution in [2.75, 3.05) is 5.75 Å². The summed E-state index contributed by atoms with van der Waals surface area (Å²) in [5, 5.41) is 10.8. The summed E-state index contributed by atoms with van der Waals surface area (Å²) in [5.41, 5.74) is 3.54. The number of fused-ring (bicyclic) bond motifs is 3. The number of nitrogens with one attached hydrogen (secondary N) is 1. The topological polar surface area (TPSA) is 53.1 Å². The predicted molar refractivity (Wildman–Crippen MR) is 83.2 cm³/mol. The van der Waals surface area contributed by atoms with Crippen LogP contribution in [0.25, 0.3) is 10.9 Å². The Kier molecular flexibility index (Phi) is 3.28. The van der Waals surface area contributed by atoms with Gasteiger partial charge in [-0.2, -0.15) is 0 Å². The van der Waals surface area contributed by atoms with Gasteiger partial charge in [-0.3, -0.25) is 4.79 Å². The second kappa shape index (κ2) is 4.85. The first-order valence-corrected chi connectivity index (χ1v) is 8.03. The molecular weight excluding hydrogens is 270 g/mol. The molecule has 20 heavy (non-hydrogen) atoms. The Morgan fingerprint density at radius 1 is 1.50 bits per heavy atom. The van der Waals surface area contributed by atoms with E-state index >= 15 is 0 Å². The summed E-state index contributed by atoms with van der Waals surface area (Å²) >= 11 is 1.77. The number of rotatable bonds is 3. The first-order valence-electron chi connectivity index (χ1n) is 7.04. The highest BCUT2D eigenvalue weighted by molar-refractivity contribution is 8.00. The highest BCUT2D eigenvalue weighted by atomic mass is 32.2. The fourth-order valence-electron chi connectivity index (χ4n) is 3.40. The molecule has 0 saturated carbocycles. The highest BCUT2D eigenvalue weighted by Crippen LogP contribution is 2.50. The molecule has 1 aromatic heterocycles. The molecule has 0 spiro atoms. The standard InChI is InChI=1S/C16H19NO2S/c1-3-12(15(18)19)16(2)14-11(8-9-20-16)10-6-4-5-7-13(10)17-14/h4-7,12,17H,3,8-9H2,1-2H3,(H,18,19). The molecule has 2 heterocycles. The van der Waals surface area contributed by atoms with Crippen molar-refractivity contribution in [3.63, 3.8) is 0 Å². The van der Waals surface area contributed by atoms with E-state index < -0.39 is 5.97 Å². The van der Waals surface area contributed by atoms with Crippen molar-refractivity contribution >= 4 is 28.6 Å². The van der Waals surface area contributed by atoms with Crippen molar-refractivity contribution in [1.29, 1.82) is 0 Å².